The van der Waals surface area contributed by atoms with Crippen LogP contribution in [0.25, 0.3) is 0 Å². The van der Waals surface area contributed by atoms with E-state index >= 15 is 0 Å². The molecule has 0 amide bonds. The second-order valence-electron chi connectivity index (χ2n) is 3.64. The maximum atomic E-state index is 5.35. The van der Waals surface area contributed by atoms with Crippen LogP contribution in [0.1, 0.15) is 5.56 Å². The average Bonchev–Trinajstić information content (AvgIpc) is 2.30. The molecule has 0 unspecified atom stereocenters. The first kappa shape index (κ1) is 11.2. The maximum absolute atomic E-state index is 5.35. The number of hydrogen-bond acceptors (Lipinski definition) is 4. The molecule has 4 heteroatoms. The van der Waals surface area contributed by atoms with Crippen LogP contribution in [0.5, 0.6) is 0 Å². The molecular formula is C11H15NOS2. The third kappa shape index (κ3) is 2.62. The summed E-state index contributed by atoms with van der Waals surface area (Å²) < 4.78 is 5.35. The minimum Gasteiger partial charge on any atom is -0.378 e. The van der Waals surface area contributed by atoms with Crippen molar-refractivity contribution in [3.8, 4) is 0 Å². The van der Waals surface area contributed by atoms with E-state index in [4.69, 9.17) is 4.74 Å². The second kappa shape index (κ2) is 5.14. The van der Waals surface area contributed by atoms with Gasteiger partial charge in [-0.25, -0.2) is 0 Å². The van der Waals surface area contributed by atoms with Gasteiger partial charge in [-0.15, -0.1) is 11.7 Å². The smallest absolute Gasteiger partial charge is 0.0642 e. The molecule has 0 aliphatic carbocycles. The van der Waals surface area contributed by atoms with E-state index in [1.165, 1.54) is 26.9 Å². The summed E-state index contributed by atoms with van der Waals surface area (Å²) in [5.41, 5.74) is 2.64. The van der Waals surface area contributed by atoms with E-state index in [2.05, 4.69) is 41.7 Å². The van der Waals surface area contributed by atoms with Crippen LogP contribution in [0.4, 0.5) is 5.69 Å². The lowest BCUT2D eigenvalue weighted by molar-refractivity contribution is 0.122. The number of benzene rings is 1. The van der Waals surface area contributed by atoms with Gasteiger partial charge in [0.25, 0.3) is 0 Å². The van der Waals surface area contributed by atoms with E-state index in [9.17, 15) is 0 Å². The fraction of sp³-hybridized carbons (Fsp3) is 0.455. The Labute approximate surface area is 99.8 Å². The number of aryl methyl sites for hydroxylation is 1. The Morgan fingerprint density at radius 2 is 2.07 bits per heavy atom. The minimum atomic E-state index is 0.836. The van der Waals surface area contributed by atoms with Gasteiger partial charge in [-0.1, -0.05) is 10.8 Å². The second-order valence-corrected chi connectivity index (χ2v) is 4.84. The molecule has 2 rings (SSSR count). The van der Waals surface area contributed by atoms with Gasteiger partial charge >= 0.3 is 0 Å². The Kier molecular flexibility index (Phi) is 3.83. The summed E-state index contributed by atoms with van der Waals surface area (Å²) in [6, 6.07) is 6.48. The number of rotatable bonds is 2. The molecule has 0 saturated carbocycles. The lowest BCUT2D eigenvalue weighted by Gasteiger charge is -2.30. The highest BCUT2D eigenvalue weighted by atomic mass is 33.1. The molecule has 15 heavy (non-hydrogen) atoms. The van der Waals surface area contributed by atoms with E-state index < -0.39 is 0 Å². The highest BCUT2D eigenvalue weighted by molar-refractivity contribution is 8.68. The molecule has 0 atom stereocenters. The van der Waals surface area contributed by atoms with Crippen LogP contribution in [-0.4, -0.2) is 26.3 Å². The SMILES string of the molecule is Cc1cc(SS)ccc1N1CCOCC1. The Hall–Kier alpha value is -0.320. The molecule has 1 saturated heterocycles. The average molecular weight is 241 g/mol. The summed E-state index contributed by atoms with van der Waals surface area (Å²) in [6.07, 6.45) is 0. The molecule has 1 aliphatic heterocycles. The minimum absolute atomic E-state index is 0.836. The molecule has 1 fully saturated rings. The number of thiol groups is 1. The lowest BCUT2D eigenvalue weighted by Crippen LogP contribution is -2.36. The van der Waals surface area contributed by atoms with E-state index in [1.54, 1.807) is 0 Å². The molecule has 0 N–H and O–H groups in total. The topological polar surface area (TPSA) is 12.5 Å². The van der Waals surface area contributed by atoms with Gasteiger partial charge in [-0.3, -0.25) is 0 Å². The van der Waals surface area contributed by atoms with E-state index in [0.717, 1.165) is 26.3 Å². The van der Waals surface area contributed by atoms with Gasteiger partial charge in [0.1, 0.15) is 0 Å². The molecule has 0 aromatic heterocycles. The standard InChI is InChI=1S/C11H15NOS2/c1-9-8-10(15-14)2-3-11(9)12-4-6-13-7-5-12/h2-3,8,14H,4-7H2,1H3. The number of anilines is 1. The summed E-state index contributed by atoms with van der Waals surface area (Å²) in [5.74, 6) is 0. The summed E-state index contributed by atoms with van der Waals surface area (Å²) in [6.45, 7) is 5.81. The first-order chi connectivity index (χ1) is 7.31. The first-order valence-electron chi connectivity index (χ1n) is 5.06. The zero-order chi connectivity index (χ0) is 10.7. The van der Waals surface area contributed by atoms with Gasteiger partial charge < -0.3 is 9.64 Å². The number of nitrogens with zero attached hydrogens (tertiary/aromatic N) is 1. The summed E-state index contributed by atoms with van der Waals surface area (Å²) in [4.78, 5) is 3.58. The van der Waals surface area contributed by atoms with Crippen molar-refractivity contribution in [3.63, 3.8) is 0 Å². The summed E-state index contributed by atoms with van der Waals surface area (Å²) in [7, 11) is 1.49. The molecule has 1 aromatic carbocycles. The van der Waals surface area contributed by atoms with Gasteiger partial charge in [-0.05, 0) is 30.7 Å². The third-order valence-corrected chi connectivity index (χ3v) is 3.72. The highest BCUT2D eigenvalue weighted by Crippen LogP contribution is 2.28. The number of hydrogen-bond donors (Lipinski definition) is 1. The fourth-order valence-corrected chi connectivity index (χ4v) is 2.54. The molecule has 1 aromatic rings. The van der Waals surface area contributed by atoms with Gasteiger partial charge in [0.05, 0.1) is 13.2 Å². The Morgan fingerprint density at radius 1 is 1.33 bits per heavy atom. The number of ether oxygens (including phenoxy) is 1. The molecule has 0 radical (unpaired) electrons. The monoisotopic (exact) mass is 241 g/mol. The maximum Gasteiger partial charge on any atom is 0.0642 e. The molecule has 0 bridgehead atoms. The quantitative estimate of drug-likeness (QED) is 0.632. The van der Waals surface area contributed by atoms with Crippen LogP contribution in [0.15, 0.2) is 23.1 Å². The van der Waals surface area contributed by atoms with Gasteiger partial charge in [0.2, 0.25) is 0 Å². The normalized spacial score (nSPS) is 16.8. The molecule has 82 valence electrons. The lowest BCUT2D eigenvalue weighted by atomic mass is 10.1. The number of morpholine rings is 1. The Bertz CT molecular complexity index is 337. The predicted octanol–water partition coefficient (Wildman–Crippen LogP) is 2.77. The Morgan fingerprint density at radius 3 is 2.67 bits per heavy atom. The molecule has 1 aliphatic rings. The van der Waals surface area contributed by atoms with Gasteiger partial charge in [0, 0.05) is 23.7 Å². The molecule has 0 spiro atoms. The summed E-state index contributed by atoms with van der Waals surface area (Å²) in [5, 5.41) is 0. The van der Waals surface area contributed by atoms with Crippen LogP contribution in [0, 0.1) is 6.92 Å². The van der Waals surface area contributed by atoms with Crippen molar-refractivity contribution >= 4 is 28.1 Å². The van der Waals surface area contributed by atoms with Crippen molar-refractivity contribution in [3.05, 3.63) is 23.8 Å². The van der Waals surface area contributed by atoms with Crippen molar-refractivity contribution in [1.82, 2.24) is 0 Å². The fourth-order valence-electron chi connectivity index (χ4n) is 1.84. The largest absolute Gasteiger partial charge is 0.378 e. The van der Waals surface area contributed by atoms with Gasteiger partial charge in [0.15, 0.2) is 0 Å². The van der Waals surface area contributed by atoms with Crippen molar-refractivity contribution in [2.24, 2.45) is 0 Å². The van der Waals surface area contributed by atoms with E-state index in [1.807, 2.05) is 0 Å². The van der Waals surface area contributed by atoms with Crippen molar-refractivity contribution in [2.45, 2.75) is 11.8 Å². The zero-order valence-corrected chi connectivity index (χ0v) is 10.5. The highest BCUT2D eigenvalue weighted by Gasteiger charge is 2.12. The van der Waals surface area contributed by atoms with E-state index in [-0.39, 0.29) is 0 Å². The van der Waals surface area contributed by atoms with Crippen molar-refractivity contribution in [1.29, 1.82) is 0 Å². The van der Waals surface area contributed by atoms with Gasteiger partial charge in [-0.2, -0.15) is 0 Å². The zero-order valence-electron chi connectivity index (χ0n) is 8.77. The van der Waals surface area contributed by atoms with Crippen LogP contribution < -0.4 is 4.90 Å². The van der Waals surface area contributed by atoms with Crippen LogP contribution in [-0.2, 0) is 4.74 Å². The molecule has 1 heterocycles. The van der Waals surface area contributed by atoms with Crippen molar-refractivity contribution < 1.29 is 4.74 Å². The van der Waals surface area contributed by atoms with Crippen molar-refractivity contribution in [2.75, 3.05) is 31.2 Å². The molecular weight excluding hydrogens is 226 g/mol. The van der Waals surface area contributed by atoms with Crippen LogP contribution in [0.2, 0.25) is 0 Å². The van der Waals surface area contributed by atoms with Crippen LogP contribution >= 0.6 is 22.5 Å². The predicted molar refractivity (Wildman–Crippen MR) is 69.1 cm³/mol. The van der Waals surface area contributed by atoms with Crippen LogP contribution in [0.3, 0.4) is 0 Å². The van der Waals surface area contributed by atoms with E-state index in [0.29, 0.717) is 0 Å². The first-order valence-corrected chi connectivity index (χ1v) is 6.93. The summed E-state index contributed by atoms with van der Waals surface area (Å²) >= 11 is 4.20. The third-order valence-electron chi connectivity index (χ3n) is 2.63. The molecule has 2 nitrogen and oxygen atoms in total. The Balaban J connectivity index is 2.19.